The molecule has 4 N–H and O–H groups in total. The van der Waals surface area contributed by atoms with Crippen molar-refractivity contribution in [3.05, 3.63) is 36.0 Å². The maximum absolute atomic E-state index is 11.8. The Bertz CT molecular complexity index is 595. The molecule has 0 spiro atoms. The standard InChI is InChI=1S/C15H20N4O2/c1-2-5-11-10-14(19-18-11)17-15(20)8-9-21-13-7-4-3-6-12(13)16/h3-4,6-7,10H,2,5,8-9,16H2,1H3,(H2,17,18,19,20). The second-order valence-corrected chi connectivity index (χ2v) is 4.71. The van der Waals surface area contributed by atoms with Gasteiger partial charge in [-0.05, 0) is 18.6 Å². The van der Waals surface area contributed by atoms with Gasteiger partial charge in [-0.15, -0.1) is 0 Å². The van der Waals surface area contributed by atoms with Crippen LogP contribution in [0.5, 0.6) is 5.75 Å². The first kappa shape index (κ1) is 14.9. The van der Waals surface area contributed by atoms with Crippen molar-refractivity contribution in [3.63, 3.8) is 0 Å². The van der Waals surface area contributed by atoms with E-state index >= 15 is 0 Å². The molecule has 2 rings (SSSR count). The number of nitrogens with two attached hydrogens (primary N) is 1. The smallest absolute Gasteiger partial charge is 0.229 e. The first-order valence-electron chi connectivity index (χ1n) is 7.00. The number of carbonyl (C=O) groups is 1. The minimum absolute atomic E-state index is 0.140. The van der Waals surface area contributed by atoms with Crippen LogP contribution in [0.15, 0.2) is 30.3 Å². The molecule has 1 heterocycles. The van der Waals surface area contributed by atoms with Crippen molar-refractivity contribution in [2.45, 2.75) is 26.2 Å². The molecule has 0 radical (unpaired) electrons. The zero-order chi connectivity index (χ0) is 15.1. The molecule has 1 amide bonds. The summed E-state index contributed by atoms with van der Waals surface area (Å²) in [6, 6.07) is 9.05. The number of nitrogen functional groups attached to an aromatic ring is 1. The Morgan fingerprint density at radius 3 is 3.00 bits per heavy atom. The van der Waals surface area contributed by atoms with Crippen LogP contribution >= 0.6 is 0 Å². The molecule has 112 valence electrons. The Hall–Kier alpha value is -2.50. The van der Waals surface area contributed by atoms with Crippen molar-refractivity contribution >= 4 is 17.4 Å². The van der Waals surface area contributed by atoms with Gasteiger partial charge in [0, 0.05) is 11.8 Å². The number of hydrogen-bond donors (Lipinski definition) is 3. The van der Waals surface area contributed by atoms with Gasteiger partial charge < -0.3 is 15.8 Å². The number of anilines is 2. The van der Waals surface area contributed by atoms with Gasteiger partial charge in [-0.2, -0.15) is 5.10 Å². The predicted molar refractivity (Wildman–Crippen MR) is 82.2 cm³/mol. The van der Waals surface area contributed by atoms with Gasteiger partial charge >= 0.3 is 0 Å². The number of ether oxygens (including phenoxy) is 1. The van der Waals surface area contributed by atoms with E-state index in [-0.39, 0.29) is 18.9 Å². The lowest BCUT2D eigenvalue weighted by Crippen LogP contribution is -2.15. The van der Waals surface area contributed by atoms with E-state index < -0.39 is 0 Å². The van der Waals surface area contributed by atoms with Gasteiger partial charge in [0.2, 0.25) is 5.91 Å². The molecule has 0 saturated heterocycles. The first-order valence-corrected chi connectivity index (χ1v) is 7.00. The van der Waals surface area contributed by atoms with Crippen molar-refractivity contribution in [2.24, 2.45) is 0 Å². The fourth-order valence-electron chi connectivity index (χ4n) is 1.89. The van der Waals surface area contributed by atoms with Crippen molar-refractivity contribution < 1.29 is 9.53 Å². The SMILES string of the molecule is CCCc1cc(NC(=O)CCOc2ccccc2N)n[nH]1. The number of H-pyrrole nitrogens is 1. The third kappa shape index (κ3) is 4.52. The van der Waals surface area contributed by atoms with E-state index in [0.29, 0.717) is 17.3 Å². The van der Waals surface area contributed by atoms with Crippen LogP contribution < -0.4 is 15.8 Å². The molecule has 6 nitrogen and oxygen atoms in total. The van der Waals surface area contributed by atoms with Gasteiger partial charge in [0.15, 0.2) is 5.82 Å². The average molecular weight is 288 g/mol. The number of para-hydroxylation sites is 2. The van der Waals surface area contributed by atoms with Gasteiger partial charge in [-0.3, -0.25) is 9.89 Å². The second kappa shape index (κ2) is 7.33. The highest BCUT2D eigenvalue weighted by Crippen LogP contribution is 2.19. The van der Waals surface area contributed by atoms with E-state index in [1.165, 1.54) is 0 Å². The molecule has 0 saturated carbocycles. The van der Waals surface area contributed by atoms with Gasteiger partial charge in [-0.25, -0.2) is 0 Å². The number of aromatic amines is 1. The number of nitrogens with one attached hydrogen (secondary N) is 2. The molecule has 2 aromatic rings. The number of rotatable bonds is 7. The first-order chi connectivity index (χ1) is 10.2. The highest BCUT2D eigenvalue weighted by atomic mass is 16.5. The predicted octanol–water partition coefficient (Wildman–Crippen LogP) is 2.35. The molecule has 0 fully saturated rings. The number of hydrogen-bond acceptors (Lipinski definition) is 4. The number of carbonyl (C=O) groups excluding carboxylic acids is 1. The minimum Gasteiger partial charge on any atom is -0.491 e. The second-order valence-electron chi connectivity index (χ2n) is 4.71. The summed E-state index contributed by atoms with van der Waals surface area (Å²) in [5.74, 6) is 0.997. The Morgan fingerprint density at radius 1 is 1.43 bits per heavy atom. The molecular weight excluding hydrogens is 268 g/mol. The van der Waals surface area contributed by atoms with E-state index in [1.54, 1.807) is 12.1 Å². The molecule has 0 aliphatic carbocycles. The van der Waals surface area contributed by atoms with Gasteiger partial charge in [0.1, 0.15) is 5.75 Å². The molecule has 6 heteroatoms. The van der Waals surface area contributed by atoms with E-state index in [1.807, 2.05) is 18.2 Å². The number of aryl methyl sites for hydroxylation is 1. The van der Waals surface area contributed by atoms with Gasteiger partial charge in [0.05, 0.1) is 18.7 Å². The third-order valence-corrected chi connectivity index (χ3v) is 2.92. The number of benzene rings is 1. The van der Waals surface area contributed by atoms with Gasteiger partial charge in [0.25, 0.3) is 0 Å². The lowest BCUT2D eigenvalue weighted by atomic mass is 10.2. The molecule has 0 bridgehead atoms. The zero-order valence-corrected chi connectivity index (χ0v) is 12.1. The van der Waals surface area contributed by atoms with E-state index in [4.69, 9.17) is 10.5 Å². The molecule has 1 aromatic heterocycles. The molecule has 21 heavy (non-hydrogen) atoms. The molecule has 0 unspecified atom stereocenters. The van der Waals surface area contributed by atoms with E-state index in [9.17, 15) is 4.79 Å². The highest BCUT2D eigenvalue weighted by molar-refractivity contribution is 5.89. The monoisotopic (exact) mass is 288 g/mol. The van der Waals surface area contributed by atoms with Gasteiger partial charge in [-0.1, -0.05) is 25.5 Å². The van der Waals surface area contributed by atoms with Crippen LogP contribution in [0.1, 0.15) is 25.5 Å². The maximum atomic E-state index is 11.8. The van der Waals surface area contributed by atoms with Crippen molar-refractivity contribution in [2.75, 3.05) is 17.7 Å². The van der Waals surface area contributed by atoms with Crippen LogP contribution in [0.3, 0.4) is 0 Å². The lowest BCUT2D eigenvalue weighted by Gasteiger charge is -2.08. The Labute approximate surface area is 123 Å². The average Bonchev–Trinajstić information content (AvgIpc) is 2.88. The summed E-state index contributed by atoms with van der Waals surface area (Å²) in [6.45, 7) is 2.36. The van der Waals surface area contributed by atoms with Crippen LogP contribution in [0.25, 0.3) is 0 Å². The molecular formula is C15H20N4O2. The number of aromatic nitrogens is 2. The molecule has 0 atom stereocenters. The summed E-state index contributed by atoms with van der Waals surface area (Å²) in [4.78, 5) is 11.8. The number of nitrogens with zero attached hydrogens (tertiary/aromatic N) is 1. The van der Waals surface area contributed by atoms with Crippen LogP contribution in [-0.2, 0) is 11.2 Å². The Balaban J connectivity index is 1.75. The van der Waals surface area contributed by atoms with E-state index in [2.05, 4.69) is 22.4 Å². The van der Waals surface area contributed by atoms with Crippen molar-refractivity contribution in [1.29, 1.82) is 0 Å². The normalized spacial score (nSPS) is 10.3. The van der Waals surface area contributed by atoms with Crippen LogP contribution in [0, 0.1) is 0 Å². The minimum atomic E-state index is -0.140. The Kier molecular flexibility index (Phi) is 5.20. The van der Waals surface area contributed by atoms with Crippen molar-refractivity contribution in [1.82, 2.24) is 10.2 Å². The summed E-state index contributed by atoms with van der Waals surface area (Å²) >= 11 is 0. The summed E-state index contributed by atoms with van der Waals surface area (Å²) in [6.07, 6.45) is 2.19. The third-order valence-electron chi connectivity index (χ3n) is 2.92. The fraction of sp³-hybridized carbons (Fsp3) is 0.333. The summed E-state index contributed by atoms with van der Waals surface area (Å²) in [5, 5.41) is 9.66. The van der Waals surface area contributed by atoms with Crippen LogP contribution in [0.4, 0.5) is 11.5 Å². The zero-order valence-electron chi connectivity index (χ0n) is 12.1. The molecule has 0 aliphatic heterocycles. The van der Waals surface area contributed by atoms with Crippen LogP contribution in [0.2, 0.25) is 0 Å². The maximum Gasteiger partial charge on any atom is 0.229 e. The van der Waals surface area contributed by atoms with E-state index in [0.717, 1.165) is 18.5 Å². The highest BCUT2D eigenvalue weighted by Gasteiger charge is 2.07. The van der Waals surface area contributed by atoms with Crippen LogP contribution in [-0.4, -0.2) is 22.7 Å². The fourth-order valence-corrected chi connectivity index (χ4v) is 1.89. The summed E-state index contributed by atoms with van der Waals surface area (Å²) in [5.41, 5.74) is 7.33. The van der Waals surface area contributed by atoms with Crippen molar-refractivity contribution in [3.8, 4) is 5.75 Å². The topological polar surface area (TPSA) is 93.0 Å². The molecule has 0 aliphatic rings. The number of amides is 1. The quantitative estimate of drug-likeness (QED) is 0.682. The molecule has 1 aromatic carbocycles. The Morgan fingerprint density at radius 2 is 2.24 bits per heavy atom. The largest absolute Gasteiger partial charge is 0.491 e. The summed E-state index contributed by atoms with van der Waals surface area (Å²) in [7, 11) is 0. The summed E-state index contributed by atoms with van der Waals surface area (Å²) < 4.78 is 5.47. The lowest BCUT2D eigenvalue weighted by molar-refractivity contribution is -0.116.